The van der Waals surface area contributed by atoms with Gasteiger partial charge in [0.1, 0.15) is 11.9 Å². The molecule has 2 heterocycles. The van der Waals surface area contributed by atoms with E-state index < -0.39 is 0 Å². The van der Waals surface area contributed by atoms with Crippen molar-refractivity contribution < 1.29 is 4.74 Å². The van der Waals surface area contributed by atoms with Gasteiger partial charge in [0.05, 0.1) is 12.2 Å². The Morgan fingerprint density at radius 3 is 3.05 bits per heavy atom. The van der Waals surface area contributed by atoms with Crippen molar-refractivity contribution in [2.24, 2.45) is 5.92 Å². The van der Waals surface area contributed by atoms with Crippen LogP contribution in [0.3, 0.4) is 0 Å². The van der Waals surface area contributed by atoms with E-state index in [4.69, 9.17) is 4.74 Å². The van der Waals surface area contributed by atoms with Crippen LogP contribution >= 0.6 is 0 Å². The number of likely N-dealkylation sites (tertiary alicyclic amines) is 1. The summed E-state index contributed by atoms with van der Waals surface area (Å²) in [7, 11) is 0. The molecule has 0 spiro atoms. The molecule has 19 heavy (non-hydrogen) atoms. The summed E-state index contributed by atoms with van der Waals surface area (Å²) in [5, 5.41) is 3.48. The van der Waals surface area contributed by atoms with Crippen LogP contribution in [0.5, 0.6) is 5.75 Å². The lowest BCUT2D eigenvalue weighted by atomic mass is 10.0. The van der Waals surface area contributed by atoms with Gasteiger partial charge in [0.15, 0.2) is 0 Å². The molecule has 3 rings (SSSR count). The summed E-state index contributed by atoms with van der Waals surface area (Å²) in [6.45, 7) is 7.85. The Kier molecular flexibility index (Phi) is 3.65. The van der Waals surface area contributed by atoms with Gasteiger partial charge in [0, 0.05) is 12.6 Å². The quantitative estimate of drug-likeness (QED) is 0.904. The third-order valence-electron chi connectivity index (χ3n) is 4.32. The van der Waals surface area contributed by atoms with Crippen molar-refractivity contribution in [2.45, 2.75) is 38.8 Å². The standard InChI is InChI=1S/C16H24N2O/c1-12(2)15-7-5-9-18(15)11-13-10-17-14-6-3-4-8-16(14)19-13/h3-4,6,8,12-13,15,17H,5,7,9-11H2,1-2H3. The molecule has 3 nitrogen and oxygen atoms in total. The first-order chi connectivity index (χ1) is 9.24. The zero-order valence-corrected chi connectivity index (χ0v) is 11.9. The maximum Gasteiger partial charge on any atom is 0.142 e. The third kappa shape index (κ3) is 2.71. The molecule has 2 unspecified atom stereocenters. The monoisotopic (exact) mass is 260 g/mol. The summed E-state index contributed by atoms with van der Waals surface area (Å²) in [4.78, 5) is 2.62. The van der Waals surface area contributed by atoms with Crippen LogP contribution in [0.4, 0.5) is 5.69 Å². The Morgan fingerprint density at radius 2 is 2.21 bits per heavy atom. The second-order valence-corrected chi connectivity index (χ2v) is 6.07. The molecule has 0 aliphatic carbocycles. The van der Waals surface area contributed by atoms with E-state index >= 15 is 0 Å². The predicted octanol–water partition coefficient (Wildman–Crippen LogP) is 2.98. The number of fused-ring (bicyclic) bond motifs is 1. The molecule has 1 N–H and O–H groups in total. The van der Waals surface area contributed by atoms with Crippen LogP contribution in [0, 0.1) is 5.92 Å². The molecular formula is C16H24N2O. The van der Waals surface area contributed by atoms with Crippen LogP contribution in [-0.2, 0) is 0 Å². The fourth-order valence-corrected chi connectivity index (χ4v) is 3.36. The lowest BCUT2D eigenvalue weighted by molar-refractivity contribution is 0.113. The highest BCUT2D eigenvalue weighted by Gasteiger charge is 2.30. The van der Waals surface area contributed by atoms with Crippen molar-refractivity contribution >= 4 is 5.69 Å². The van der Waals surface area contributed by atoms with Gasteiger partial charge in [-0.1, -0.05) is 26.0 Å². The van der Waals surface area contributed by atoms with E-state index in [1.165, 1.54) is 19.4 Å². The van der Waals surface area contributed by atoms with Crippen LogP contribution < -0.4 is 10.1 Å². The minimum Gasteiger partial charge on any atom is -0.485 e. The van der Waals surface area contributed by atoms with Gasteiger partial charge in [-0.25, -0.2) is 0 Å². The van der Waals surface area contributed by atoms with Gasteiger partial charge in [-0.3, -0.25) is 4.90 Å². The second-order valence-electron chi connectivity index (χ2n) is 6.07. The number of nitrogens with zero attached hydrogens (tertiary/aromatic N) is 1. The van der Waals surface area contributed by atoms with Crippen molar-refractivity contribution in [2.75, 3.05) is 25.0 Å². The molecule has 104 valence electrons. The summed E-state index contributed by atoms with van der Waals surface area (Å²) < 4.78 is 6.12. The molecule has 1 aromatic carbocycles. The normalized spacial score (nSPS) is 26.9. The number of anilines is 1. The van der Waals surface area contributed by atoms with Gasteiger partial charge >= 0.3 is 0 Å². The number of hydrogen-bond donors (Lipinski definition) is 1. The molecule has 0 radical (unpaired) electrons. The lowest BCUT2D eigenvalue weighted by Gasteiger charge is -2.34. The van der Waals surface area contributed by atoms with Gasteiger partial charge in [-0.2, -0.15) is 0 Å². The van der Waals surface area contributed by atoms with Crippen LogP contribution in [0.2, 0.25) is 0 Å². The van der Waals surface area contributed by atoms with Crippen LogP contribution in [-0.4, -0.2) is 36.7 Å². The highest BCUT2D eigenvalue weighted by Crippen LogP contribution is 2.30. The summed E-state index contributed by atoms with van der Waals surface area (Å²) in [6.07, 6.45) is 2.95. The minimum atomic E-state index is 0.272. The molecule has 2 atom stereocenters. The van der Waals surface area contributed by atoms with E-state index in [-0.39, 0.29) is 6.10 Å². The highest BCUT2D eigenvalue weighted by atomic mass is 16.5. The minimum absolute atomic E-state index is 0.272. The SMILES string of the molecule is CC(C)C1CCCN1CC1CNc2ccccc2O1. The molecule has 0 aromatic heterocycles. The average molecular weight is 260 g/mol. The zero-order valence-electron chi connectivity index (χ0n) is 11.9. The topological polar surface area (TPSA) is 24.5 Å². The maximum absolute atomic E-state index is 6.12. The summed E-state index contributed by atoms with van der Waals surface area (Å²) in [5.74, 6) is 1.74. The van der Waals surface area contributed by atoms with Gasteiger partial charge in [-0.15, -0.1) is 0 Å². The van der Waals surface area contributed by atoms with Gasteiger partial charge in [0.2, 0.25) is 0 Å². The molecule has 1 fully saturated rings. The van der Waals surface area contributed by atoms with Crippen molar-refractivity contribution in [3.05, 3.63) is 24.3 Å². The number of rotatable bonds is 3. The fourth-order valence-electron chi connectivity index (χ4n) is 3.36. The van der Waals surface area contributed by atoms with Gasteiger partial charge in [-0.05, 0) is 37.4 Å². The average Bonchev–Trinajstić information content (AvgIpc) is 2.87. The van der Waals surface area contributed by atoms with Crippen LogP contribution in [0.25, 0.3) is 0 Å². The predicted molar refractivity (Wildman–Crippen MR) is 78.8 cm³/mol. The highest BCUT2D eigenvalue weighted by molar-refractivity contribution is 5.57. The largest absolute Gasteiger partial charge is 0.485 e. The first-order valence-corrected chi connectivity index (χ1v) is 7.47. The Balaban J connectivity index is 1.63. The Morgan fingerprint density at radius 1 is 1.37 bits per heavy atom. The van der Waals surface area contributed by atoms with E-state index in [1.807, 2.05) is 12.1 Å². The van der Waals surface area contributed by atoms with Crippen molar-refractivity contribution in [3.8, 4) is 5.75 Å². The Labute approximate surface area is 115 Å². The summed E-state index contributed by atoms with van der Waals surface area (Å²) >= 11 is 0. The lowest BCUT2D eigenvalue weighted by Crippen LogP contribution is -2.44. The van der Waals surface area contributed by atoms with Crippen molar-refractivity contribution in [3.63, 3.8) is 0 Å². The molecule has 3 heteroatoms. The molecule has 0 saturated carbocycles. The zero-order chi connectivity index (χ0) is 13.2. The van der Waals surface area contributed by atoms with Crippen molar-refractivity contribution in [1.82, 2.24) is 4.90 Å². The number of ether oxygens (including phenoxy) is 1. The Bertz CT molecular complexity index is 433. The van der Waals surface area contributed by atoms with Gasteiger partial charge < -0.3 is 10.1 Å². The first-order valence-electron chi connectivity index (χ1n) is 7.47. The van der Waals surface area contributed by atoms with Crippen molar-refractivity contribution in [1.29, 1.82) is 0 Å². The molecule has 1 aromatic rings. The first kappa shape index (κ1) is 12.8. The summed E-state index contributed by atoms with van der Waals surface area (Å²) in [6, 6.07) is 8.96. The van der Waals surface area contributed by atoms with E-state index in [0.29, 0.717) is 0 Å². The molecule has 2 aliphatic rings. The molecule has 0 amide bonds. The van der Waals surface area contributed by atoms with E-state index in [9.17, 15) is 0 Å². The third-order valence-corrected chi connectivity index (χ3v) is 4.32. The number of benzene rings is 1. The van der Waals surface area contributed by atoms with Gasteiger partial charge in [0.25, 0.3) is 0 Å². The maximum atomic E-state index is 6.12. The molecule has 1 saturated heterocycles. The molecular weight excluding hydrogens is 236 g/mol. The Hall–Kier alpha value is -1.22. The molecule has 2 aliphatic heterocycles. The van der Waals surface area contributed by atoms with E-state index in [1.54, 1.807) is 0 Å². The number of nitrogens with one attached hydrogen (secondary N) is 1. The smallest absolute Gasteiger partial charge is 0.142 e. The van der Waals surface area contributed by atoms with E-state index in [2.05, 4.69) is 36.2 Å². The summed E-state index contributed by atoms with van der Waals surface area (Å²) in [5.41, 5.74) is 1.13. The van der Waals surface area contributed by atoms with E-state index in [0.717, 1.165) is 36.5 Å². The van der Waals surface area contributed by atoms with Crippen LogP contribution in [0.15, 0.2) is 24.3 Å². The van der Waals surface area contributed by atoms with Crippen LogP contribution in [0.1, 0.15) is 26.7 Å². The number of para-hydroxylation sites is 2. The number of hydrogen-bond acceptors (Lipinski definition) is 3. The molecule has 0 bridgehead atoms. The second kappa shape index (κ2) is 5.41. The fraction of sp³-hybridized carbons (Fsp3) is 0.625.